The zero-order chi connectivity index (χ0) is 11.1. The number of amides is 1. The number of aliphatic carboxylic acids is 1. The van der Waals surface area contributed by atoms with Crippen LogP contribution in [-0.2, 0) is 14.3 Å². The van der Waals surface area contributed by atoms with E-state index >= 15 is 0 Å². The van der Waals surface area contributed by atoms with E-state index in [1.165, 1.54) is 13.2 Å². The Morgan fingerprint density at radius 2 is 2.07 bits per heavy atom. The van der Waals surface area contributed by atoms with Crippen molar-refractivity contribution in [3.63, 3.8) is 0 Å². The highest BCUT2D eigenvalue weighted by atomic mass is 16.5. The molecule has 0 aromatic rings. The highest BCUT2D eigenvalue weighted by molar-refractivity contribution is 5.88. The molecule has 1 atom stereocenters. The normalized spacial score (nSPS) is 11.6. The lowest BCUT2D eigenvalue weighted by Crippen LogP contribution is -2.37. The van der Waals surface area contributed by atoms with E-state index in [2.05, 4.69) is 10.1 Å². The molecule has 0 radical (unpaired) electrons. The van der Waals surface area contributed by atoms with Gasteiger partial charge in [-0.3, -0.25) is 4.79 Å². The van der Waals surface area contributed by atoms with Crippen LogP contribution in [-0.4, -0.2) is 36.7 Å². The molecule has 0 aliphatic rings. The van der Waals surface area contributed by atoms with Crippen molar-refractivity contribution in [2.75, 3.05) is 13.7 Å². The van der Waals surface area contributed by atoms with Gasteiger partial charge in [-0.05, 0) is 13.8 Å². The van der Waals surface area contributed by atoms with Crippen LogP contribution in [0.3, 0.4) is 0 Å². The second kappa shape index (κ2) is 6.15. The summed E-state index contributed by atoms with van der Waals surface area (Å²) >= 11 is 0. The molecule has 0 aromatic heterocycles. The summed E-state index contributed by atoms with van der Waals surface area (Å²) in [7, 11) is 1.28. The van der Waals surface area contributed by atoms with Gasteiger partial charge in [-0.15, -0.1) is 0 Å². The van der Waals surface area contributed by atoms with Gasteiger partial charge in [0.1, 0.15) is 0 Å². The molecule has 80 valence electrons. The van der Waals surface area contributed by atoms with Gasteiger partial charge in [0, 0.05) is 13.2 Å². The first kappa shape index (κ1) is 12.6. The van der Waals surface area contributed by atoms with E-state index in [1.54, 1.807) is 13.8 Å². The van der Waals surface area contributed by atoms with E-state index in [4.69, 9.17) is 5.11 Å². The summed E-state index contributed by atoms with van der Waals surface area (Å²) in [5, 5.41) is 11.0. The van der Waals surface area contributed by atoms with Gasteiger partial charge in [-0.2, -0.15) is 0 Å². The number of methoxy groups -OCH3 is 1. The molecule has 5 nitrogen and oxygen atoms in total. The van der Waals surface area contributed by atoms with Crippen LogP contribution in [0.25, 0.3) is 0 Å². The fourth-order valence-electron chi connectivity index (χ4n) is 0.778. The number of carbonyl (C=O) groups excluding carboxylic acids is 1. The van der Waals surface area contributed by atoms with Gasteiger partial charge >= 0.3 is 5.97 Å². The summed E-state index contributed by atoms with van der Waals surface area (Å²) in [5.74, 6) is -1.40. The summed E-state index contributed by atoms with van der Waals surface area (Å²) in [6.07, 6.45) is 0.402. The Bertz CT molecular complexity index is 243. The van der Waals surface area contributed by atoms with Gasteiger partial charge in [0.15, 0.2) is 6.10 Å². The van der Waals surface area contributed by atoms with Gasteiger partial charge in [0.2, 0.25) is 5.91 Å². The van der Waals surface area contributed by atoms with Gasteiger partial charge in [0.25, 0.3) is 0 Å². The maximum Gasteiger partial charge on any atom is 0.334 e. The zero-order valence-corrected chi connectivity index (χ0v) is 8.53. The van der Waals surface area contributed by atoms with Crippen LogP contribution in [0.1, 0.15) is 13.8 Å². The fraction of sp³-hybridized carbons (Fsp3) is 0.556. The number of hydrogen-bond donors (Lipinski definition) is 2. The van der Waals surface area contributed by atoms with Crippen molar-refractivity contribution in [1.82, 2.24) is 5.32 Å². The Labute approximate surface area is 82.7 Å². The van der Waals surface area contributed by atoms with Crippen molar-refractivity contribution < 1.29 is 19.4 Å². The van der Waals surface area contributed by atoms with E-state index in [0.29, 0.717) is 0 Å². The predicted molar refractivity (Wildman–Crippen MR) is 50.9 cm³/mol. The molecule has 1 amide bonds. The van der Waals surface area contributed by atoms with Crippen molar-refractivity contribution in [1.29, 1.82) is 0 Å². The number of nitrogens with one attached hydrogen (secondary N) is 1. The third-order valence-corrected chi connectivity index (χ3v) is 1.44. The minimum absolute atomic E-state index is 0.0333. The Morgan fingerprint density at radius 3 is 2.43 bits per heavy atom. The van der Waals surface area contributed by atoms with Crippen molar-refractivity contribution in [3.05, 3.63) is 11.6 Å². The van der Waals surface area contributed by atoms with Crippen molar-refractivity contribution in [3.8, 4) is 0 Å². The Kier molecular flexibility index (Phi) is 5.55. The van der Waals surface area contributed by atoms with Crippen LogP contribution in [0.4, 0.5) is 0 Å². The summed E-state index contributed by atoms with van der Waals surface area (Å²) in [5.41, 5.74) is 0.854. The average molecular weight is 201 g/mol. The maximum atomic E-state index is 11.1. The molecular formula is C9H15NO4. The lowest BCUT2D eigenvalue weighted by atomic mass is 10.3. The second-order valence-corrected chi connectivity index (χ2v) is 3.03. The number of ether oxygens (including phenoxy) is 1. The first-order chi connectivity index (χ1) is 6.47. The number of rotatable bonds is 5. The van der Waals surface area contributed by atoms with E-state index < -0.39 is 12.1 Å². The summed E-state index contributed by atoms with van der Waals surface area (Å²) < 4.78 is 4.63. The molecular weight excluding hydrogens is 186 g/mol. The third kappa shape index (κ3) is 5.31. The van der Waals surface area contributed by atoms with Crippen LogP contribution in [0, 0.1) is 0 Å². The van der Waals surface area contributed by atoms with Crippen LogP contribution < -0.4 is 5.32 Å². The number of carboxylic acids is 1. The van der Waals surface area contributed by atoms with Crippen molar-refractivity contribution in [2.45, 2.75) is 20.0 Å². The number of carbonyl (C=O) groups is 2. The van der Waals surface area contributed by atoms with E-state index in [1.807, 2.05) is 0 Å². The molecule has 14 heavy (non-hydrogen) atoms. The van der Waals surface area contributed by atoms with Crippen LogP contribution in [0.2, 0.25) is 0 Å². The highest BCUT2D eigenvalue weighted by Gasteiger charge is 2.16. The molecule has 0 saturated carbocycles. The minimum Gasteiger partial charge on any atom is -0.479 e. The van der Waals surface area contributed by atoms with Gasteiger partial charge in [0.05, 0.1) is 6.54 Å². The first-order valence-electron chi connectivity index (χ1n) is 4.15. The fourth-order valence-corrected chi connectivity index (χ4v) is 0.778. The predicted octanol–water partition coefficient (Wildman–Crippen LogP) is 0.168. The lowest BCUT2D eigenvalue weighted by Gasteiger charge is -2.10. The van der Waals surface area contributed by atoms with Crippen LogP contribution in [0.15, 0.2) is 11.6 Å². The molecule has 0 heterocycles. The number of hydrogen-bond acceptors (Lipinski definition) is 3. The topological polar surface area (TPSA) is 75.6 Å². The SMILES string of the molecule is COC(CNC(=O)C=C(C)C)C(=O)O. The zero-order valence-electron chi connectivity index (χ0n) is 8.53. The van der Waals surface area contributed by atoms with E-state index in [9.17, 15) is 9.59 Å². The van der Waals surface area contributed by atoms with Gasteiger partial charge in [-0.25, -0.2) is 4.79 Å². The molecule has 0 aromatic carbocycles. The Balaban J connectivity index is 3.98. The Morgan fingerprint density at radius 1 is 1.50 bits per heavy atom. The van der Waals surface area contributed by atoms with Crippen LogP contribution in [0.5, 0.6) is 0 Å². The van der Waals surface area contributed by atoms with Gasteiger partial charge in [-0.1, -0.05) is 5.57 Å². The molecule has 0 rings (SSSR count). The largest absolute Gasteiger partial charge is 0.479 e. The molecule has 0 saturated heterocycles. The quantitative estimate of drug-likeness (QED) is 0.622. The maximum absolute atomic E-state index is 11.1. The van der Waals surface area contributed by atoms with Crippen LogP contribution >= 0.6 is 0 Å². The third-order valence-electron chi connectivity index (χ3n) is 1.44. The summed E-state index contributed by atoms with van der Waals surface area (Å²) in [4.78, 5) is 21.5. The standard InChI is InChI=1S/C9H15NO4/c1-6(2)4-8(11)10-5-7(14-3)9(12)13/h4,7H,5H2,1-3H3,(H,10,11)(H,12,13). The molecule has 0 aliphatic carbocycles. The molecule has 0 bridgehead atoms. The second-order valence-electron chi connectivity index (χ2n) is 3.03. The monoisotopic (exact) mass is 201 g/mol. The summed E-state index contributed by atoms with van der Waals surface area (Å²) in [6, 6.07) is 0. The first-order valence-corrected chi connectivity index (χ1v) is 4.15. The Hall–Kier alpha value is -1.36. The van der Waals surface area contributed by atoms with Gasteiger partial charge < -0.3 is 15.2 Å². The molecule has 2 N–H and O–H groups in total. The molecule has 0 spiro atoms. The number of allylic oxidation sites excluding steroid dienone is 1. The molecule has 0 fully saturated rings. The average Bonchev–Trinajstić information content (AvgIpc) is 2.03. The van der Waals surface area contributed by atoms with Crippen molar-refractivity contribution in [2.24, 2.45) is 0 Å². The molecule has 5 heteroatoms. The van der Waals surface area contributed by atoms with Crippen molar-refractivity contribution >= 4 is 11.9 Å². The van der Waals surface area contributed by atoms with E-state index in [0.717, 1.165) is 5.57 Å². The lowest BCUT2D eigenvalue weighted by molar-refractivity contribution is -0.148. The molecule has 1 unspecified atom stereocenters. The highest BCUT2D eigenvalue weighted by Crippen LogP contribution is 1.90. The minimum atomic E-state index is -1.09. The number of carboxylic acid groups (broad SMARTS) is 1. The van der Waals surface area contributed by atoms with E-state index in [-0.39, 0.29) is 12.5 Å². The summed E-state index contributed by atoms with van der Waals surface area (Å²) in [6.45, 7) is 3.53. The smallest absolute Gasteiger partial charge is 0.334 e. The molecule has 0 aliphatic heterocycles.